The van der Waals surface area contributed by atoms with Crippen LogP contribution in [0.25, 0.3) is 5.57 Å². The number of aliphatic carboxylic acids is 1. The van der Waals surface area contributed by atoms with Crippen molar-refractivity contribution in [3.63, 3.8) is 0 Å². The number of nitrogens with one attached hydrogen (secondary N) is 1. The van der Waals surface area contributed by atoms with Crippen LogP contribution in [-0.4, -0.2) is 29.1 Å². The molecule has 0 atom stereocenters. The number of carboxylic acid groups (broad SMARTS) is 1. The molecule has 1 rings (SSSR count). The molecule has 0 bridgehead atoms. The molecule has 132 valence electrons. The number of unbranched alkanes of at least 4 members (excludes halogenated alkanes) is 1. The summed E-state index contributed by atoms with van der Waals surface area (Å²) in [4.78, 5) is 27.8. The van der Waals surface area contributed by atoms with Gasteiger partial charge in [-0.3, -0.25) is 4.79 Å². The molecule has 0 aliphatic carbocycles. The van der Waals surface area contributed by atoms with Crippen LogP contribution in [0.5, 0.6) is 5.88 Å². The van der Waals surface area contributed by atoms with E-state index in [1.54, 1.807) is 32.9 Å². The summed E-state index contributed by atoms with van der Waals surface area (Å²) in [6, 6.07) is 3.39. The van der Waals surface area contributed by atoms with Crippen molar-refractivity contribution in [3.8, 4) is 5.88 Å². The zero-order valence-electron chi connectivity index (χ0n) is 15.0. The van der Waals surface area contributed by atoms with E-state index in [0.717, 1.165) is 12.8 Å². The van der Waals surface area contributed by atoms with E-state index in [1.807, 2.05) is 6.92 Å². The summed E-state index contributed by atoms with van der Waals surface area (Å²) in [6.07, 6.45) is 3.54. The third kappa shape index (κ3) is 5.68. The quantitative estimate of drug-likeness (QED) is 0.742. The van der Waals surface area contributed by atoms with Crippen molar-refractivity contribution in [2.45, 2.75) is 47.0 Å². The number of hydrogen-bond donors (Lipinski definition) is 2. The Balaban J connectivity index is 3.33. The molecule has 1 aromatic rings. The number of carbonyl (C=O) groups is 2. The summed E-state index contributed by atoms with van der Waals surface area (Å²) in [5, 5.41) is 11.9. The number of carbonyl (C=O) groups excluding carboxylic acids is 1. The predicted octanol–water partition coefficient (Wildman–Crippen LogP) is 3.73. The van der Waals surface area contributed by atoms with Gasteiger partial charge in [-0.2, -0.15) is 4.98 Å². The van der Waals surface area contributed by atoms with Crippen LogP contribution in [-0.2, 0) is 9.59 Å². The van der Waals surface area contributed by atoms with Gasteiger partial charge in [0.1, 0.15) is 5.82 Å². The fourth-order valence-electron chi connectivity index (χ4n) is 2.01. The van der Waals surface area contributed by atoms with Gasteiger partial charge in [0.15, 0.2) is 0 Å². The van der Waals surface area contributed by atoms with E-state index >= 15 is 0 Å². The van der Waals surface area contributed by atoms with Crippen LogP contribution < -0.4 is 10.1 Å². The maximum atomic E-state index is 12.3. The molecule has 0 aliphatic heterocycles. The topological polar surface area (TPSA) is 88.5 Å². The highest BCUT2D eigenvalue weighted by atomic mass is 16.5. The molecule has 1 aromatic heterocycles. The monoisotopic (exact) mass is 334 g/mol. The first-order valence-electron chi connectivity index (χ1n) is 7.99. The van der Waals surface area contributed by atoms with Crippen LogP contribution in [0.4, 0.5) is 5.82 Å². The van der Waals surface area contributed by atoms with Crippen molar-refractivity contribution in [1.82, 2.24) is 4.98 Å². The van der Waals surface area contributed by atoms with Crippen molar-refractivity contribution in [2.75, 3.05) is 12.4 Å². The standard InChI is InChI=1S/C18H26N2O4/c1-6-7-8-12(11-15(21)22)13-9-10-14(24-5)19-16(13)20-17(23)18(2,3)4/h9-11H,6-8H2,1-5H3,(H,21,22)(H,19,20,23)/b12-11+. The van der Waals surface area contributed by atoms with Gasteiger partial charge in [-0.25, -0.2) is 4.79 Å². The minimum atomic E-state index is -1.02. The Morgan fingerprint density at radius 3 is 2.50 bits per heavy atom. The summed E-state index contributed by atoms with van der Waals surface area (Å²) >= 11 is 0. The third-order valence-corrected chi connectivity index (χ3v) is 3.44. The van der Waals surface area contributed by atoms with Crippen molar-refractivity contribution in [2.24, 2.45) is 5.41 Å². The van der Waals surface area contributed by atoms with Gasteiger partial charge in [0.2, 0.25) is 11.8 Å². The van der Waals surface area contributed by atoms with Crippen molar-refractivity contribution >= 4 is 23.3 Å². The number of carboxylic acids is 1. The largest absolute Gasteiger partial charge is 0.481 e. The van der Waals surface area contributed by atoms with E-state index in [1.165, 1.54) is 13.2 Å². The molecule has 0 aliphatic rings. The molecule has 0 aromatic carbocycles. The smallest absolute Gasteiger partial charge is 0.328 e. The first kappa shape index (κ1) is 19.7. The van der Waals surface area contributed by atoms with Crippen LogP contribution in [0.15, 0.2) is 18.2 Å². The first-order chi connectivity index (χ1) is 11.2. The van der Waals surface area contributed by atoms with Gasteiger partial charge >= 0.3 is 5.97 Å². The molecule has 2 N–H and O–H groups in total. The average molecular weight is 334 g/mol. The highest BCUT2D eigenvalue weighted by Crippen LogP contribution is 2.30. The number of nitrogens with zero attached hydrogens (tertiary/aromatic N) is 1. The molecule has 0 radical (unpaired) electrons. The Morgan fingerprint density at radius 2 is 2.00 bits per heavy atom. The average Bonchev–Trinajstić information content (AvgIpc) is 2.50. The van der Waals surface area contributed by atoms with E-state index in [4.69, 9.17) is 9.84 Å². The van der Waals surface area contributed by atoms with Crippen LogP contribution in [0.3, 0.4) is 0 Å². The van der Waals surface area contributed by atoms with Crippen molar-refractivity contribution in [3.05, 3.63) is 23.8 Å². The lowest BCUT2D eigenvalue weighted by Gasteiger charge is -2.20. The van der Waals surface area contributed by atoms with E-state index in [2.05, 4.69) is 10.3 Å². The van der Waals surface area contributed by atoms with Gasteiger partial charge in [-0.15, -0.1) is 0 Å². The molecule has 0 spiro atoms. The Bertz CT molecular complexity index is 630. The number of ether oxygens (including phenoxy) is 1. The fraction of sp³-hybridized carbons (Fsp3) is 0.500. The van der Waals surface area contributed by atoms with Crippen molar-refractivity contribution < 1.29 is 19.4 Å². The van der Waals surface area contributed by atoms with Gasteiger partial charge < -0.3 is 15.2 Å². The number of aromatic nitrogens is 1. The van der Waals surface area contributed by atoms with Gasteiger partial charge in [0.05, 0.1) is 7.11 Å². The highest BCUT2D eigenvalue weighted by Gasteiger charge is 2.23. The second-order valence-electron chi connectivity index (χ2n) is 6.57. The highest BCUT2D eigenvalue weighted by molar-refractivity contribution is 5.98. The third-order valence-electron chi connectivity index (χ3n) is 3.44. The number of anilines is 1. The normalized spacial score (nSPS) is 12.0. The SMILES string of the molecule is CCCC/C(=C\C(=O)O)c1ccc(OC)nc1NC(=O)C(C)(C)C. The summed E-state index contributed by atoms with van der Waals surface area (Å²) in [5.41, 5.74) is 0.634. The number of amides is 1. The molecular weight excluding hydrogens is 308 g/mol. The second kappa shape index (κ2) is 8.47. The Morgan fingerprint density at radius 1 is 1.33 bits per heavy atom. The Kier molecular flexibility index (Phi) is 6.95. The molecule has 0 fully saturated rings. The molecule has 1 amide bonds. The molecule has 0 saturated carbocycles. The Labute approximate surface area is 142 Å². The molecule has 6 nitrogen and oxygen atoms in total. The number of allylic oxidation sites excluding steroid dienone is 1. The molecule has 24 heavy (non-hydrogen) atoms. The lowest BCUT2D eigenvalue weighted by molar-refractivity contribution is -0.131. The number of methoxy groups -OCH3 is 1. The van der Waals surface area contributed by atoms with Gasteiger partial charge in [0, 0.05) is 23.1 Å². The first-order valence-corrected chi connectivity index (χ1v) is 7.99. The minimum Gasteiger partial charge on any atom is -0.481 e. The summed E-state index contributed by atoms with van der Waals surface area (Å²) in [6.45, 7) is 7.43. The van der Waals surface area contributed by atoms with Crippen LogP contribution in [0.1, 0.15) is 52.5 Å². The molecule has 6 heteroatoms. The minimum absolute atomic E-state index is 0.199. The zero-order valence-corrected chi connectivity index (χ0v) is 15.0. The molecule has 1 heterocycles. The maximum Gasteiger partial charge on any atom is 0.328 e. The summed E-state index contributed by atoms with van der Waals surface area (Å²) < 4.78 is 5.12. The Hall–Kier alpha value is -2.37. The zero-order chi connectivity index (χ0) is 18.3. The van der Waals surface area contributed by atoms with E-state index in [9.17, 15) is 9.59 Å². The second-order valence-corrected chi connectivity index (χ2v) is 6.57. The van der Waals surface area contributed by atoms with Crippen LogP contribution in [0.2, 0.25) is 0 Å². The number of hydrogen-bond acceptors (Lipinski definition) is 4. The van der Waals surface area contributed by atoms with E-state index in [0.29, 0.717) is 29.3 Å². The van der Waals surface area contributed by atoms with Gasteiger partial charge in [0.25, 0.3) is 0 Å². The molecule has 0 unspecified atom stereocenters. The fourth-order valence-corrected chi connectivity index (χ4v) is 2.01. The van der Waals surface area contributed by atoms with E-state index in [-0.39, 0.29) is 5.91 Å². The number of pyridine rings is 1. The summed E-state index contributed by atoms with van der Waals surface area (Å²) in [7, 11) is 1.49. The van der Waals surface area contributed by atoms with Crippen LogP contribution >= 0.6 is 0 Å². The maximum absolute atomic E-state index is 12.3. The van der Waals surface area contributed by atoms with Crippen molar-refractivity contribution in [1.29, 1.82) is 0 Å². The predicted molar refractivity (Wildman–Crippen MR) is 94.0 cm³/mol. The van der Waals surface area contributed by atoms with Gasteiger partial charge in [-0.1, -0.05) is 34.1 Å². The van der Waals surface area contributed by atoms with Crippen LogP contribution in [0, 0.1) is 5.41 Å². The summed E-state index contributed by atoms with van der Waals surface area (Å²) in [5.74, 6) is -0.550. The molecular formula is C18H26N2O4. The number of rotatable bonds is 7. The lowest BCUT2D eigenvalue weighted by atomic mass is 9.95. The van der Waals surface area contributed by atoms with Gasteiger partial charge in [-0.05, 0) is 24.5 Å². The molecule has 0 saturated heterocycles. The lowest BCUT2D eigenvalue weighted by Crippen LogP contribution is -2.28. The van der Waals surface area contributed by atoms with E-state index < -0.39 is 11.4 Å².